The summed E-state index contributed by atoms with van der Waals surface area (Å²) in [5.74, 6) is -0.942. The van der Waals surface area contributed by atoms with E-state index in [9.17, 15) is 8.78 Å². The monoisotopic (exact) mass is 277 g/mol. The van der Waals surface area contributed by atoms with E-state index in [1.807, 2.05) is 6.92 Å². The SMILES string of the molecule is CCc1nn(-c2cc(F)ccc2F)c2c1C(N)CCC2. The Kier molecular flexibility index (Phi) is 3.30. The maximum atomic E-state index is 14.0. The van der Waals surface area contributed by atoms with Crippen molar-refractivity contribution in [3.8, 4) is 5.69 Å². The van der Waals surface area contributed by atoms with Gasteiger partial charge in [0, 0.05) is 23.4 Å². The van der Waals surface area contributed by atoms with Crippen LogP contribution >= 0.6 is 0 Å². The molecule has 0 spiro atoms. The van der Waals surface area contributed by atoms with Crippen molar-refractivity contribution in [3.63, 3.8) is 0 Å². The molecule has 1 heterocycles. The maximum Gasteiger partial charge on any atom is 0.149 e. The normalized spacial score (nSPS) is 18.1. The molecule has 3 rings (SSSR count). The molecule has 0 aliphatic heterocycles. The van der Waals surface area contributed by atoms with E-state index in [-0.39, 0.29) is 11.7 Å². The number of nitrogens with zero attached hydrogens (tertiary/aromatic N) is 2. The molecular formula is C15H17F2N3. The number of halogens is 2. The molecule has 20 heavy (non-hydrogen) atoms. The van der Waals surface area contributed by atoms with Gasteiger partial charge in [-0.3, -0.25) is 0 Å². The van der Waals surface area contributed by atoms with Crippen molar-refractivity contribution in [1.29, 1.82) is 0 Å². The Labute approximate surface area is 116 Å². The van der Waals surface area contributed by atoms with Crippen LogP contribution in [0.5, 0.6) is 0 Å². The maximum absolute atomic E-state index is 14.0. The topological polar surface area (TPSA) is 43.8 Å². The molecule has 0 bridgehead atoms. The fourth-order valence-electron chi connectivity index (χ4n) is 2.93. The van der Waals surface area contributed by atoms with E-state index in [4.69, 9.17) is 5.73 Å². The quantitative estimate of drug-likeness (QED) is 0.917. The van der Waals surface area contributed by atoms with Gasteiger partial charge >= 0.3 is 0 Å². The van der Waals surface area contributed by atoms with E-state index < -0.39 is 11.6 Å². The molecule has 1 unspecified atom stereocenters. The second kappa shape index (κ2) is 4.98. The average molecular weight is 277 g/mol. The van der Waals surface area contributed by atoms with Gasteiger partial charge in [0.2, 0.25) is 0 Å². The first kappa shape index (κ1) is 13.2. The van der Waals surface area contributed by atoms with E-state index in [1.165, 1.54) is 10.7 Å². The second-order valence-electron chi connectivity index (χ2n) is 5.17. The predicted octanol–water partition coefficient (Wildman–Crippen LogP) is 3.05. The van der Waals surface area contributed by atoms with Gasteiger partial charge in [-0.05, 0) is 37.8 Å². The highest BCUT2D eigenvalue weighted by molar-refractivity contribution is 5.41. The Balaban J connectivity index is 2.22. The van der Waals surface area contributed by atoms with Crippen molar-refractivity contribution in [1.82, 2.24) is 9.78 Å². The van der Waals surface area contributed by atoms with Crippen molar-refractivity contribution >= 4 is 0 Å². The predicted molar refractivity (Wildman–Crippen MR) is 72.7 cm³/mol. The molecule has 0 saturated carbocycles. The molecule has 1 aromatic carbocycles. The molecule has 1 aromatic heterocycles. The summed E-state index contributed by atoms with van der Waals surface area (Å²) in [6.45, 7) is 2.00. The Morgan fingerprint density at radius 3 is 2.95 bits per heavy atom. The summed E-state index contributed by atoms with van der Waals surface area (Å²) in [6.07, 6.45) is 3.39. The van der Waals surface area contributed by atoms with E-state index in [1.54, 1.807) is 0 Å². The van der Waals surface area contributed by atoms with Crippen LogP contribution in [-0.2, 0) is 12.8 Å². The van der Waals surface area contributed by atoms with Crippen molar-refractivity contribution < 1.29 is 8.78 Å². The molecule has 2 aromatic rings. The summed E-state index contributed by atoms with van der Waals surface area (Å²) in [5.41, 5.74) is 9.15. The summed E-state index contributed by atoms with van der Waals surface area (Å²) in [4.78, 5) is 0. The van der Waals surface area contributed by atoms with Crippen LogP contribution in [0, 0.1) is 11.6 Å². The lowest BCUT2D eigenvalue weighted by molar-refractivity contribution is 0.547. The lowest BCUT2D eigenvalue weighted by Gasteiger charge is -2.20. The highest BCUT2D eigenvalue weighted by atomic mass is 19.1. The minimum atomic E-state index is -0.474. The molecule has 0 saturated heterocycles. The Bertz CT molecular complexity index is 649. The van der Waals surface area contributed by atoms with Crippen LogP contribution < -0.4 is 5.73 Å². The highest BCUT2D eigenvalue weighted by Gasteiger charge is 2.27. The van der Waals surface area contributed by atoms with Gasteiger partial charge in [-0.2, -0.15) is 5.10 Å². The zero-order valence-corrected chi connectivity index (χ0v) is 11.4. The summed E-state index contributed by atoms with van der Waals surface area (Å²) in [6, 6.07) is 3.37. The third-order valence-electron chi connectivity index (χ3n) is 3.87. The molecule has 0 fully saturated rings. The van der Waals surface area contributed by atoms with Crippen molar-refractivity contribution in [2.45, 2.75) is 38.6 Å². The summed E-state index contributed by atoms with van der Waals surface area (Å²) in [7, 11) is 0. The van der Waals surface area contributed by atoms with Gasteiger partial charge in [-0.15, -0.1) is 0 Å². The van der Waals surface area contributed by atoms with Crippen LogP contribution in [0.15, 0.2) is 18.2 Å². The molecule has 1 aliphatic rings. The molecule has 2 N–H and O–H groups in total. The van der Waals surface area contributed by atoms with Crippen LogP contribution in [0.2, 0.25) is 0 Å². The largest absolute Gasteiger partial charge is 0.324 e. The lowest BCUT2D eigenvalue weighted by Crippen LogP contribution is -2.19. The smallest absolute Gasteiger partial charge is 0.149 e. The van der Waals surface area contributed by atoms with Gasteiger partial charge in [0.15, 0.2) is 0 Å². The number of aromatic nitrogens is 2. The van der Waals surface area contributed by atoms with Crippen molar-refractivity contribution in [2.24, 2.45) is 5.73 Å². The van der Waals surface area contributed by atoms with E-state index in [2.05, 4.69) is 5.10 Å². The lowest BCUT2D eigenvalue weighted by atomic mass is 9.91. The summed E-state index contributed by atoms with van der Waals surface area (Å²) >= 11 is 0. The zero-order valence-electron chi connectivity index (χ0n) is 11.4. The second-order valence-corrected chi connectivity index (χ2v) is 5.17. The van der Waals surface area contributed by atoms with Gasteiger partial charge in [-0.25, -0.2) is 13.5 Å². The number of aryl methyl sites for hydroxylation is 1. The third kappa shape index (κ3) is 2.02. The van der Waals surface area contributed by atoms with Crippen LogP contribution in [0.1, 0.15) is 42.8 Å². The number of rotatable bonds is 2. The fraction of sp³-hybridized carbons (Fsp3) is 0.400. The highest BCUT2D eigenvalue weighted by Crippen LogP contribution is 2.33. The van der Waals surface area contributed by atoms with E-state index >= 15 is 0 Å². The molecular weight excluding hydrogens is 260 g/mol. The number of hydrogen-bond acceptors (Lipinski definition) is 2. The van der Waals surface area contributed by atoms with Crippen LogP contribution in [-0.4, -0.2) is 9.78 Å². The Hall–Kier alpha value is -1.75. The van der Waals surface area contributed by atoms with Crippen LogP contribution in [0.3, 0.4) is 0 Å². The summed E-state index contributed by atoms with van der Waals surface area (Å²) < 4.78 is 28.9. The first-order valence-corrected chi connectivity index (χ1v) is 6.93. The standard InChI is InChI=1S/C15H17F2N3/c1-2-12-15-11(18)4-3-5-13(15)20(19-12)14-8-9(16)6-7-10(14)17/h6-8,11H,2-5,18H2,1H3. The van der Waals surface area contributed by atoms with Gasteiger partial charge < -0.3 is 5.73 Å². The fourth-order valence-corrected chi connectivity index (χ4v) is 2.93. The molecule has 0 radical (unpaired) electrons. The van der Waals surface area contributed by atoms with Crippen molar-refractivity contribution in [3.05, 3.63) is 46.8 Å². The molecule has 0 amide bonds. The van der Waals surface area contributed by atoms with Crippen LogP contribution in [0.25, 0.3) is 5.69 Å². The molecule has 5 heteroatoms. The molecule has 3 nitrogen and oxygen atoms in total. The van der Waals surface area contributed by atoms with Crippen LogP contribution in [0.4, 0.5) is 8.78 Å². The number of fused-ring (bicyclic) bond motifs is 1. The first-order chi connectivity index (χ1) is 9.61. The number of benzene rings is 1. The van der Waals surface area contributed by atoms with Gasteiger partial charge in [0.25, 0.3) is 0 Å². The molecule has 1 atom stereocenters. The molecule has 1 aliphatic carbocycles. The summed E-state index contributed by atoms with van der Waals surface area (Å²) in [5, 5.41) is 4.46. The third-order valence-corrected chi connectivity index (χ3v) is 3.87. The van der Waals surface area contributed by atoms with E-state index in [0.29, 0.717) is 0 Å². The van der Waals surface area contributed by atoms with Gasteiger partial charge in [-0.1, -0.05) is 6.92 Å². The average Bonchev–Trinajstić information content (AvgIpc) is 2.81. The minimum absolute atomic E-state index is 0.0564. The van der Waals surface area contributed by atoms with E-state index in [0.717, 1.165) is 54.8 Å². The van der Waals surface area contributed by atoms with Gasteiger partial charge in [0.05, 0.1) is 5.69 Å². The number of hydrogen-bond donors (Lipinski definition) is 1. The zero-order chi connectivity index (χ0) is 14.3. The van der Waals surface area contributed by atoms with Gasteiger partial charge in [0.1, 0.15) is 17.3 Å². The molecule has 106 valence electrons. The Morgan fingerprint density at radius 2 is 2.20 bits per heavy atom. The van der Waals surface area contributed by atoms with Crippen molar-refractivity contribution in [2.75, 3.05) is 0 Å². The first-order valence-electron chi connectivity index (χ1n) is 6.93. The minimum Gasteiger partial charge on any atom is -0.324 e. The number of nitrogens with two attached hydrogens (primary N) is 1. The Morgan fingerprint density at radius 1 is 1.40 bits per heavy atom.